The summed E-state index contributed by atoms with van der Waals surface area (Å²) in [5.74, 6) is 0. The van der Waals surface area contributed by atoms with Gasteiger partial charge in [-0.15, -0.1) is 0 Å². The molecule has 0 saturated heterocycles. The third kappa shape index (κ3) is 2.50. The predicted molar refractivity (Wildman–Crippen MR) is 69.0 cm³/mol. The van der Waals surface area contributed by atoms with Crippen LogP contribution in [0.2, 0.25) is 0 Å². The Morgan fingerprint density at radius 2 is 1.68 bits per heavy atom. The molecule has 2 aromatic carbocycles. The molecule has 0 spiro atoms. The summed E-state index contributed by atoms with van der Waals surface area (Å²) in [6.07, 6.45) is 0. The minimum absolute atomic E-state index is 0.00533. The fraction of sp³-hybridized carbons (Fsp3) is 0.0714. The normalized spacial score (nSPS) is 10.9. The molecule has 0 aliphatic carbocycles. The van der Waals surface area contributed by atoms with Crippen molar-refractivity contribution in [3.8, 4) is 6.07 Å². The maximum atomic E-state index is 12.4. The molecule has 0 bridgehead atoms. The maximum absolute atomic E-state index is 12.4. The molecule has 2 aromatic rings. The van der Waals surface area contributed by atoms with Crippen molar-refractivity contribution in [3.63, 3.8) is 0 Å². The third-order valence-electron chi connectivity index (χ3n) is 2.71. The minimum Gasteiger partial charge on any atom is -0.392 e. The van der Waals surface area contributed by atoms with Crippen LogP contribution in [0.1, 0.15) is 11.1 Å². The highest BCUT2D eigenvalue weighted by molar-refractivity contribution is 7.91. The van der Waals surface area contributed by atoms with Crippen molar-refractivity contribution < 1.29 is 13.5 Å². The van der Waals surface area contributed by atoms with E-state index in [1.807, 2.05) is 6.07 Å². The highest BCUT2D eigenvalue weighted by Crippen LogP contribution is 2.23. The Kier molecular flexibility index (Phi) is 3.65. The van der Waals surface area contributed by atoms with Gasteiger partial charge in [-0.3, -0.25) is 0 Å². The lowest BCUT2D eigenvalue weighted by Crippen LogP contribution is -2.04. The van der Waals surface area contributed by atoms with E-state index in [2.05, 4.69) is 0 Å². The van der Waals surface area contributed by atoms with E-state index in [0.717, 1.165) is 0 Å². The van der Waals surface area contributed by atoms with Crippen LogP contribution in [0.4, 0.5) is 0 Å². The van der Waals surface area contributed by atoms with E-state index in [9.17, 15) is 8.42 Å². The standard InChI is InChI=1S/C14H11NO3S/c15-9-12-3-1-2-4-14(12)19(17,18)13-7-5-11(10-16)6-8-13/h1-8,16H,10H2. The van der Waals surface area contributed by atoms with Crippen LogP contribution in [0.15, 0.2) is 58.3 Å². The molecule has 0 unspecified atom stereocenters. The number of sulfone groups is 1. The van der Waals surface area contributed by atoms with Gasteiger partial charge < -0.3 is 5.11 Å². The minimum atomic E-state index is -3.71. The largest absolute Gasteiger partial charge is 0.392 e. The van der Waals surface area contributed by atoms with E-state index in [4.69, 9.17) is 10.4 Å². The van der Waals surface area contributed by atoms with Crippen molar-refractivity contribution in [2.24, 2.45) is 0 Å². The molecule has 0 radical (unpaired) electrons. The molecule has 0 saturated carbocycles. The molecule has 2 rings (SSSR count). The van der Waals surface area contributed by atoms with Gasteiger partial charge in [0.15, 0.2) is 0 Å². The smallest absolute Gasteiger partial charge is 0.207 e. The Bertz CT molecular complexity index is 728. The molecule has 0 aliphatic rings. The molecule has 96 valence electrons. The Morgan fingerprint density at radius 3 is 2.26 bits per heavy atom. The van der Waals surface area contributed by atoms with E-state index in [0.29, 0.717) is 5.56 Å². The topological polar surface area (TPSA) is 78.2 Å². The second kappa shape index (κ2) is 5.22. The number of aliphatic hydroxyl groups excluding tert-OH is 1. The lowest BCUT2D eigenvalue weighted by atomic mass is 10.2. The molecule has 19 heavy (non-hydrogen) atoms. The summed E-state index contributed by atoms with van der Waals surface area (Å²) in [6.45, 7) is -0.144. The van der Waals surface area contributed by atoms with E-state index < -0.39 is 9.84 Å². The average Bonchev–Trinajstić information content (AvgIpc) is 2.47. The molecule has 4 nitrogen and oxygen atoms in total. The second-order valence-electron chi connectivity index (χ2n) is 3.91. The summed E-state index contributed by atoms with van der Waals surface area (Å²) in [6, 6.07) is 13.9. The zero-order valence-corrected chi connectivity index (χ0v) is 10.8. The molecule has 0 aliphatic heterocycles. The van der Waals surface area contributed by atoms with Crippen molar-refractivity contribution in [1.29, 1.82) is 5.26 Å². The first-order valence-electron chi connectivity index (χ1n) is 5.53. The maximum Gasteiger partial charge on any atom is 0.207 e. The van der Waals surface area contributed by atoms with E-state index in [1.54, 1.807) is 24.3 Å². The average molecular weight is 273 g/mol. The van der Waals surface area contributed by atoms with E-state index in [1.165, 1.54) is 24.3 Å². The van der Waals surface area contributed by atoms with Gasteiger partial charge in [0, 0.05) is 0 Å². The monoisotopic (exact) mass is 273 g/mol. The second-order valence-corrected chi connectivity index (χ2v) is 5.83. The van der Waals surface area contributed by atoms with Gasteiger partial charge in [-0.2, -0.15) is 5.26 Å². The van der Waals surface area contributed by atoms with Crippen molar-refractivity contribution >= 4 is 9.84 Å². The zero-order valence-electron chi connectivity index (χ0n) is 9.95. The van der Waals surface area contributed by atoms with Crippen molar-refractivity contribution in [2.75, 3.05) is 0 Å². The number of hydrogen-bond donors (Lipinski definition) is 1. The van der Waals surface area contributed by atoms with E-state index in [-0.39, 0.29) is 22.0 Å². The van der Waals surface area contributed by atoms with Gasteiger partial charge in [-0.1, -0.05) is 24.3 Å². The number of nitrogens with zero attached hydrogens (tertiary/aromatic N) is 1. The lowest BCUT2D eigenvalue weighted by Gasteiger charge is -2.06. The van der Waals surface area contributed by atoms with Gasteiger partial charge in [-0.25, -0.2) is 8.42 Å². The number of rotatable bonds is 3. The van der Waals surface area contributed by atoms with Crippen LogP contribution in [-0.2, 0) is 16.4 Å². The number of aliphatic hydroxyl groups is 1. The van der Waals surface area contributed by atoms with Crippen molar-refractivity contribution in [3.05, 3.63) is 59.7 Å². The lowest BCUT2D eigenvalue weighted by molar-refractivity contribution is 0.282. The SMILES string of the molecule is N#Cc1ccccc1S(=O)(=O)c1ccc(CO)cc1. The van der Waals surface area contributed by atoms with Crippen molar-refractivity contribution in [2.45, 2.75) is 16.4 Å². The first-order chi connectivity index (χ1) is 9.09. The fourth-order valence-electron chi connectivity index (χ4n) is 1.69. The summed E-state index contributed by atoms with van der Waals surface area (Å²) in [5.41, 5.74) is 0.751. The highest BCUT2D eigenvalue weighted by atomic mass is 32.2. The Morgan fingerprint density at radius 1 is 1.05 bits per heavy atom. The van der Waals surface area contributed by atoms with Crippen LogP contribution < -0.4 is 0 Å². The van der Waals surface area contributed by atoms with Gasteiger partial charge >= 0.3 is 0 Å². The summed E-state index contributed by atoms with van der Waals surface area (Å²) in [4.78, 5) is 0.0987. The predicted octanol–water partition coefficient (Wildman–Crippen LogP) is 1.88. The highest BCUT2D eigenvalue weighted by Gasteiger charge is 2.20. The Labute approximate surface area is 111 Å². The summed E-state index contributed by atoms with van der Waals surface area (Å²) in [7, 11) is -3.71. The molecule has 0 amide bonds. The Balaban J connectivity index is 2.56. The summed E-state index contributed by atoms with van der Waals surface area (Å²) < 4.78 is 24.8. The first-order valence-corrected chi connectivity index (χ1v) is 7.02. The third-order valence-corrected chi connectivity index (χ3v) is 4.54. The molecular weight excluding hydrogens is 262 g/mol. The van der Waals surface area contributed by atoms with Gasteiger partial charge in [0.05, 0.1) is 22.0 Å². The molecule has 0 aromatic heterocycles. The molecule has 0 atom stereocenters. The molecular formula is C14H11NO3S. The number of benzene rings is 2. The van der Waals surface area contributed by atoms with Gasteiger partial charge in [0.1, 0.15) is 6.07 Å². The molecule has 5 heteroatoms. The fourth-order valence-corrected chi connectivity index (χ4v) is 3.10. The van der Waals surface area contributed by atoms with Crippen LogP contribution >= 0.6 is 0 Å². The van der Waals surface area contributed by atoms with Crippen LogP contribution in [-0.4, -0.2) is 13.5 Å². The summed E-state index contributed by atoms with van der Waals surface area (Å²) >= 11 is 0. The van der Waals surface area contributed by atoms with Gasteiger partial charge in [-0.05, 0) is 29.8 Å². The van der Waals surface area contributed by atoms with Crippen LogP contribution in [0, 0.1) is 11.3 Å². The molecule has 0 heterocycles. The van der Waals surface area contributed by atoms with Gasteiger partial charge in [0.2, 0.25) is 9.84 Å². The summed E-state index contributed by atoms with van der Waals surface area (Å²) in [5, 5.41) is 17.9. The first kappa shape index (κ1) is 13.3. The van der Waals surface area contributed by atoms with Crippen LogP contribution in [0.5, 0.6) is 0 Å². The van der Waals surface area contributed by atoms with Gasteiger partial charge in [0.25, 0.3) is 0 Å². The molecule has 1 N–H and O–H groups in total. The quantitative estimate of drug-likeness (QED) is 0.926. The number of nitriles is 1. The van der Waals surface area contributed by atoms with Crippen LogP contribution in [0.3, 0.4) is 0 Å². The Hall–Kier alpha value is -2.16. The van der Waals surface area contributed by atoms with Crippen molar-refractivity contribution in [1.82, 2.24) is 0 Å². The number of hydrogen-bond acceptors (Lipinski definition) is 4. The van der Waals surface area contributed by atoms with E-state index >= 15 is 0 Å². The van der Waals surface area contributed by atoms with Crippen LogP contribution in [0.25, 0.3) is 0 Å². The zero-order chi connectivity index (χ0) is 13.9. The molecule has 0 fully saturated rings.